The maximum absolute atomic E-state index is 9.08. The Morgan fingerprint density at radius 2 is 1.95 bits per heavy atom. The van der Waals surface area contributed by atoms with Crippen LogP contribution in [-0.2, 0) is 6.54 Å². The maximum atomic E-state index is 9.08. The van der Waals surface area contributed by atoms with Crippen molar-refractivity contribution in [3.05, 3.63) is 29.6 Å². The first-order chi connectivity index (χ1) is 9.31. The summed E-state index contributed by atoms with van der Waals surface area (Å²) in [5.41, 5.74) is 2.33. The number of likely N-dealkylation sites (tertiary alicyclic amines) is 1. The zero-order valence-corrected chi connectivity index (χ0v) is 11.4. The SMILES string of the molecule is N#Cc1ncccc1CN1CCC2(CCCC2)CC1. The van der Waals surface area contributed by atoms with Gasteiger partial charge in [-0.25, -0.2) is 4.98 Å². The van der Waals surface area contributed by atoms with Crippen LogP contribution in [0.3, 0.4) is 0 Å². The van der Waals surface area contributed by atoms with E-state index in [1.54, 1.807) is 6.20 Å². The minimum atomic E-state index is 0.587. The molecule has 2 heterocycles. The van der Waals surface area contributed by atoms with E-state index in [0.29, 0.717) is 11.1 Å². The third-order valence-electron chi connectivity index (χ3n) is 4.97. The third kappa shape index (κ3) is 2.64. The molecule has 1 spiro atoms. The van der Waals surface area contributed by atoms with Crippen molar-refractivity contribution in [1.29, 1.82) is 5.26 Å². The highest BCUT2D eigenvalue weighted by atomic mass is 15.1. The standard InChI is InChI=1S/C16H21N3/c17-12-15-14(4-3-9-18-15)13-19-10-7-16(8-11-19)5-1-2-6-16/h3-4,9H,1-2,5-8,10-11,13H2. The second-order valence-electron chi connectivity index (χ2n) is 6.11. The highest BCUT2D eigenvalue weighted by Crippen LogP contribution is 2.46. The molecule has 0 bridgehead atoms. The van der Waals surface area contributed by atoms with Gasteiger partial charge in [-0.2, -0.15) is 5.26 Å². The van der Waals surface area contributed by atoms with Gasteiger partial charge < -0.3 is 0 Å². The third-order valence-corrected chi connectivity index (χ3v) is 4.97. The molecule has 0 aromatic carbocycles. The van der Waals surface area contributed by atoms with Gasteiger partial charge in [0.1, 0.15) is 11.8 Å². The van der Waals surface area contributed by atoms with Gasteiger partial charge in [0.25, 0.3) is 0 Å². The molecule has 100 valence electrons. The summed E-state index contributed by atoms with van der Waals surface area (Å²) in [6, 6.07) is 6.16. The normalized spacial score (nSPS) is 22.5. The Morgan fingerprint density at radius 3 is 2.63 bits per heavy atom. The van der Waals surface area contributed by atoms with Crippen LogP contribution in [0.2, 0.25) is 0 Å². The van der Waals surface area contributed by atoms with Crippen molar-refractivity contribution in [3.63, 3.8) is 0 Å². The molecule has 3 nitrogen and oxygen atoms in total. The molecule has 19 heavy (non-hydrogen) atoms. The second-order valence-corrected chi connectivity index (χ2v) is 6.11. The molecule has 1 saturated heterocycles. The minimum absolute atomic E-state index is 0.587. The van der Waals surface area contributed by atoms with E-state index in [9.17, 15) is 0 Å². The molecule has 2 fully saturated rings. The highest BCUT2D eigenvalue weighted by molar-refractivity contribution is 5.30. The Hall–Kier alpha value is -1.40. The van der Waals surface area contributed by atoms with Gasteiger partial charge in [-0.15, -0.1) is 0 Å². The molecule has 0 unspecified atom stereocenters. The second kappa shape index (κ2) is 5.30. The quantitative estimate of drug-likeness (QED) is 0.815. The predicted octanol–water partition coefficient (Wildman–Crippen LogP) is 3.11. The number of nitrogens with zero attached hydrogens (tertiary/aromatic N) is 3. The summed E-state index contributed by atoms with van der Waals surface area (Å²) in [7, 11) is 0. The van der Waals surface area contributed by atoms with Gasteiger partial charge in [0, 0.05) is 18.3 Å². The summed E-state index contributed by atoms with van der Waals surface area (Å²) < 4.78 is 0. The van der Waals surface area contributed by atoms with E-state index in [4.69, 9.17) is 5.26 Å². The molecular weight excluding hydrogens is 234 g/mol. The molecule has 3 heteroatoms. The Labute approximate surface area is 115 Å². The zero-order valence-electron chi connectivity index (χ0n) is 11.4. The molecule has 0 amide bonds. The van der Waals surface area contributed by atoms with Crippen LogP contribution in [0.1, 0.15) is 49.8 Å². The number of nitriles is 1. The molecule has 2 aliphatic rings. The van der Waals surface area contributed by atoms with E-state index in [1.807, 2.05) is 12.1 Å². The fraction of sp³-hybridized carbons (Fsp3) is 0.625. The fourth-order valence-electron chi connectivity index (χ4n) is 3.72. The van der Waals surface area contributed by atoms with Crippen LogP contribution in [0.25, 0.3) is 0 Å². The lowest BCUT2D eigenvalue weighted by Crippen LogP contribution is -2.38. The summed E-state index contributed by atoms with van der Waals surface area (Å²) in [6.07, 6.45) is 10.1. The Kier molecular flexibility index (Phi) is 3.52. The van der Waals surface area contributed by atoms with Crippen LogP contribution in [0.4, 0.5) is 0 Å². The first kappa shape index (κ1) is 12.6. The summed E-state index contributed by atoms with van der Waals surface area (Å²) in [4.78, 5) is 6.63. The number of hydrogen-bond acceptors (Lipinski definition) is 3. The van der Waals surface area contributed by atoms with Gasteiger partial charge in [-0.1, -0.05) is 18.9 Å². The van der Waals surface area contributed by atoms with Crippen molar-refractivity contribution >= 4 is 0 Å². The summed E-state index contributed by atoms with van der Waals surface area (Å²) in [6.45, 7) is 3.24. The van der Waals surface area contributed by atoms with Crippen molar-refractivity contribution in [2.75, 3.05) is 13.1 Å². The molecule has 3 rings (SSSR count). The largest absolute Gasteiger partial charge is 0.299 e. The molecule has 1 aliphatic heterocycles. The van der Waals surface area contributed by atoms with Crippen molar-refractivity contribution in [2.45, 2.75) is 45.1 Å². The summed E-state index contributed by atoms with van der Waals surface area (Å²) in [5, 5.41) is 9.08. The molecule has 1 saturated carbocycles. The predicted molar refractivity (Wildman–Crippen MR) is 74.4 cm³/mol. The van der Waals surface area contributed by atoms with E-state index < -0.39 is 0 Å². The zero-order chi connectivity index (χ0) is 13.1. The van der Waals surface area contributed by atoms with E-state index in [2.05, 4.69) is 16.0 Å². The van der Waals surface area contributed by atoms with Crippen LogP contribution < -0.4 is 0 Å². The lowest BCUT2D eigenvalue weighted by molar-refractivity contribution is 0.103. The number of rotatable bonds is 2. The number of piperidine rings is 1. The van der Waals surface area contributed by atoms with E-state index in [-0.39, 0.29) is 0 Å². The monoisotopic (exact) mass is 255 g/mol. The first-order valence-corrected chi connectivity index (χ1v) is 7.38. The lowest BCUT2D eigenvalue weighted by Gasteiger charge is -2.39. The average molecular weight is 255 g/mol. The van der Waals surface area contributed by atoms with Crippen LogP contribution in [0.5, 0.6) is 0 Å². The fourth-order valence-corrected chi connectivity index (χ4v) is 3.72. The average Bonchev–Trinajstić information content (AvgIpc) is 2.91. The van der Waals surface area contributed by atoms with Crippen LogP contribution in [0.15, 0.2) is 18.3 Å². The molecule has 1 aromatic rings. The number of aromatic nitrogens is 1. The Bertz CT molecular complexity index is 473. The van der Waals surface area contributed by atoms with Crippen molar-refractivity contribution in [2.24, 2.45) is 5.41 Å². The van der Waals surface area contributed by atoms with E-state index in [1.165, 1.54) is 51.6 Å². The van der Waals surface area contributed by atoms with E-state index in [0.717, 1.165) is 12.1 Å². The number of hydrogen-bond donors (Lipinski definition) is 0. The topological polar surface area (TPSA) is 39.9 Å². The molecule has 0 N–H and O–H groups in total. The maximum Gasteiger partial charge on any atom is 0.144 e. The summed E-state index contributed by atoms with van der Waals surface area (Å²) >= 11 is 0. The van der Waals surface area contributed by atoms with Gasteiger partial charge in [-0.05, 0) is 50.3 Å². The molecule has 0 radical (unpaired) electrons. The van der Waals surface area contributed by atoms with Crippen LogP contribution in [-0.4, -0.2) is 23.0 Å². The van der Waals surface area contributed by atoms with Gasteiger partial charge in [-0.3, -0.25) is 4.90 Å². The summed E-state index contributed by atoms with van der Waals surface area (Å²) in [5.74, 6) is 0. The number of pyridine rings is 1. The Balaban J connectivity index is 1.62. The van der Waals surface area contributed by atoms with Crippen LogP contribution in [0, 0.1) is 16.7 Å². The lowest BCUT2D eigenvalue weighted by atomic mass is 9.77. The van der Waals surface area contributed by atoms with Crippen molar-refractivity contribution in [3.8, 4) is 6.07 Å². The first-order valence-electron chi connectivity index (χ1n) is 7.38. The van der Waals surface area contributed by atoms with E-state index >= 15 is 0 Å². The van der Waals surface area contributed by atoms with Crippen molar-refractivity contribution < 1.29 is 0 Å². The molecule has 1 aliphatic carbocycles. The highest BCUT2D eigenvalue weighted by Gasteiger charge is 2.36. The van der Waals surface area contributed by atoms with Gasteiger partial charge in [0.15, 0.2) is 0 Å². The minimum Gasteiger partial charge on any atom is -0.299 e. The molecule has 1 aromatic heterocycles. The van der Waals surface area contributed by atoms with Crippen molar-refractivity contribution in [1.82, 2.24) is 9.88 Å². The smallest absolute Gasteiger partial charge is 0.144 e. The van der Waals surface area contributed by atoms with Gasteiger partial charge in [0.05, 0.1) is 0 Å². The van der Waals surface area contributed by atoms with Gasteiger partial charge in [0.2, 0.25) is 0 Å². The molecular formula is C16H21N3. The van der Waals surface area contributed by atoms with Gasteiger partial charge >= 0.3 is 0 Å². The Morgan fingerprint density at radius 1 is 1.21 bits per heavy atom. The van der Waals surface area contributed by atoms with Crippen LogP contribution >= 0.6 is 0 Å². The molecule has 0 atom stereocenters.